The first kappa shape index (κ1) is 19.7. The Bertz CT molecular complexity index is 742. The van der Waals surface area contributed by atoms with Crippen molar-refractivity contribution in [3.05, 3.63) is 64.7 Å². The third-order valence-electron chi connectivity index (χ3n) is 4.95. The number of ether oxygens (including phenoxy) is 1. The number of hydrogen-bond donors (Lipinski definition) is 1. The lowest BCUT2D eigenvalue weighted by molar-refractivity contribution is -0.123. The molecule has 1 amide bonds. The smallest absolute Gasteiger partial charge is 0.258 e. The van der Waals surface area contributed by atoms with Gasteiger partial charge in [0.1, 0.15) is 5.75 Å². The molecule has 0 saturated carbocycles. The van der Waals surface area contributed by atoms with Gasteiger partial charge in [0.25, 0.3) is 5.91 Å². The van der Waals surface area contributed by atoms with E-state index in [0.29, 0.717) is 17.3 Å². The van der Waals surface area contributed by atoms with Gasteiger partial charge in [-0.15, -0.1) is 0 Å². The van der Waals surface area contributed by atoms with Gasteiger partial charge < -0.3 is 10.1 Å². The van der Waals surface area contributed by atoms with Gasteiger partial charge in [-0.2, -0.15) is 0 Å². The zero-order valence-electron chi connectivity index (χ0n) is 15.8. The predicted octanol–water partition coefficient (Wildman–Crippen LogP) is 4.37. The lowest BCUT2D eigenvalue weighted by Gasteiger charge is -2.35. The van der Waals surface area contributed by atoms with Crippen LogP contribution in [0.25, 0.3) is 0 Å². The van der Waals surface area contributed by atoms with Crippen LogP contribution in [0.4, 0.5) is 0 Å². The molecule has 1 heterocycles. The summed E-state index contributed by atoms with van der Waals surface area (Å²) >= 11 is 5.94. The quantitative estimate of drug-likeness (QED) is 0.768. The minimum Gasteiger partial charge on any atom is -0.484 e. The molecule has 1 atom stereocenters. The van der Waals surface area contributed by atoms with Crippen molar-refractivity contribution >= 4 is 17.5 Å². The number of halogens is 1. The summed E-state index contributed by atoms with van der Waals surface area (Å²) in [7, 11) is 0. The van der Waals surface area contributed by atoms with Crippen LogP contribution in [0.2, 0.25) is 5.02 Å². The van der Waals surface area contributed by atoms with Gasteiger partial charge in [0.2, 0.25) is 0 Å². The highest BCUT2D eigenvalue weighted by Crippen LogP contribution is 2.24. The van der Waals surface area contributed by atoms with E-state index in [9.17, 15) is 4.79 Å². The van der Waals surface area contributed by atoms with Crippen LogP contribution < -0.4 is 10.1 Å². The SMILES string of the molecule is Cc1ccc(C(CNC(=O)COc2cccc(Cl)c2)N2CCCCC2)cc1. The first-order valence-electron chi connectivity index (χ1n) is 9.57. The van der Waals surface area contributed by atoms with E-state index >= 15 is 0 Å². The summed E-state index contributed by atoms with van der Waals surface area (Å²) in [4.78, 5) is 14.8. The standard InChI is InChI=1S/C22H27ClN2O2/c1-17-8-10-18(11-9-17)21(25-12-3-2-4-13-25)15-24-22(26)16-27-20-7-5-6-19(23)14-20/h5-11,14,21H,2-4,12-13,15-16H2,1H3,(H,24,26). The van der Waals surface area contributed by atoms with Crippen LogP contribution in [0.3, 0.4) is 0 Å². The van der Waals surface area contributed by atoms with Crippen molar-refractivity contribution in [2.24, 2.45) is 0 Å². The number of nitrogens with zero attached hydrogens (tertiary/aromatic N) is 1. The molecule has 144 valence electrons. The third kappa shape index (κ3) is 5.98. The van der Waals surface area contributed by atoms with Crippen molar-refractivity contribution in [1.29, 1.82) is 0 Å². The molecule has 4 nitrogen and oxygen atoms in total. The lowest BCUT2D eigenvalue weighted by atomic mass is 10.0. The molecule has 3 rings (SSSR count). The number of benzene rings is 2. The molecule has 1 N–H and O–H groups in total. The maximum absolute atomic E-state index is 12.3. The summed E-state index contributed by atoms with van der Waals surface area (Å²) in [5.74, 6) is 0.480. The Morgan fingerprint density at radius 3 is 2.59 bits per heavy atom. The molecule has 1 unspecified atom stereocenters. The normalized spacial score (nSPS) is 15.9. The third-order valence-corrected chi connectivity index (χ3v) is 5.19. The lowest BCUT2D eigenvalue weighted by Crippen LogP contribution is -2.41. The number of rotatable bonds is 7. The second kappa shape index (κ2) is 9.77. The number of likely N-dealkylation sites (tertiary alicyclic amines) is 1. The number of aryl methyl sites for hydroxylation is 1. The van der Waals surface area contributed by atoms with E-state index in [1.54, 1.807) is 24.3 Å². The second-order valence-electron chi connectivity index (χ2n) is 7.07. The van der Waals surface area contributed by atoms with E-state index in [4.69, 9.17) is 16.3 Å². The van der Waals surface area contributed by atoms with Crippen LogP contribution in [-0.2, 0) is 4.79 Å². The molecule has 1 aliphatic heterocycles. The Balaban J connectivity index is 1.58. The monoisotopic (exact) mass is 386 g/mol. The number of carbonyl (C=O) groups is 1. The predicted molar refractivity (Wildman–Crippen MR) is 109 cm³/mol. The van der Waals surface area contributed by atoms with Crippen molar-refractivity contribution < 1.29 is 9.53 Å². The molecule has 5 heteroatoms. The summed E-state index contributed by atoms with van der Waals surface area (Å²) in [6, 6.07) is 15.9. The van der Waals surface area contributed by atoms with Crippen molar-refractivity contribution in [2.75, 3.05) is 26.2 Å². The molecule has 2 aromatic carbocycles. The number of nitrogens with one attached hydrogen (secondary N) is 1. The van der Waals surface area contributed by atoms with Crippen molar-refractivity contribution in [1.82, 2.24) is 10.2 Å². The van der Waals surface area contributed by atoms with Gasteiger partial charge in [-0.05, 0) is 56.6 Å². The Hall–Kier alpha value is -2.04. The minimum absolute atomic E-state index is 0.0129. The highest BCUT2D eigenvalue weighted by Gasteiger charge is 2.22. The fraction of sp³-hybridized carbons (Fsp3) is 0.409. The van der Waals surface area contributed by atoms with E-state index < -0.39 is 0 Å². The average Bonchev–Trinajstić information content (AvgIpc) is 2.69. The Labute approximate surface area is 166 Å². The summed E-state index contributed by atoms with van der Waals surface area (Å²) in [6.07, 6.45) is 3.72. The van der Waals surface area contributed by atoms with E-state index in [-0.39, 0.29) is 18.6 Å². The largest absolute Gasteiger partial charge is 0.484 e. The van der Waals surface area contributed by atoms with Crippen LogP contribution in [0, 0.1) is 6.92 Å². The maximum atomic E-state index is 12.3. The molecular formula is C22H27ClN2O2. The Morgan fingerprint density at radius 2 is 1.89 bits per heavy atom. The molecule has 1 saturated heterocycles. The van der Waals surface area contributed by atoms with Crippen LogP contribution >= 0.6 is 11.6 Å². The topological polar surface area (TPSA) is 41.6 Å². The van der Waals surface area contributed by atoms with E-state index in [0.717, 1.165) is 13.1 Å². The van der Waals surface area contributed by atoms with E-state index in [1.807, 2.05) is 0 Å². The zero-order valence-corrected chi connectivity index (χ0v) is 16.5. The van der Waals surface area contributed by atoms with Crippen LogP contribution in [0.1, 0.15) is 36.4 Å². The number of piperidine rings is 1. The van der Waals surface area contributed by atoms with Gasteiger partial charge in [0.05, 0.1) is 6.04 Å². The molecule has 1 fully saturated rings. The summed E-state index contributed by atoms with van der Waals surface area (Å²) in [6.45, 7) is 4.82. The zero-order chi connectivity index (χ0) is 19.1. The average molecular weight is 387 g/mol. The fourth-order valence-corrected chi connectivity index (χ4v) is 3.62. The van der Waals surface area contributed by atoms with Crippen molar-refractivity contribution in [2.45, 2.75) is 32.2 Å². The summed E-state index contributed by atoms with van der Waals surface area (Å²) in [5, 5.41) is 3.63. The molecule has 27 heavy (non-hydrogen) atoms. The van der Waals surface area contributed by atoms with Crippen LogP contribution in [0.15, 0.2) is 48.5 Å². The van der Waals surface area contributed by atoms with Crippen molar-refractivity contribution in [3.8, 4) is 5.75 Å². The highest BCUT2D eigenvalue weighted by atomic mass is 35.5. The van der Waals surface area contributed by atoms with E-state index in [1.165, 1.54) is 30.4 Å². The van der Waals surface area contributed by atoms with Crippen molar-refractivity contribution in [3.63, 3.8) is 0 Å². The number of hydrogen-bond acceptors (Lipinski definition) is 3. The van der Waals surface area contributed by atoms with Crippen LogP contribution in [-0.4, -0.2) is 37.0 Å². The Morgan fingerprint density at radius 1 is 1.15 bits per heavy atom. The molecule has 0 radical (unpaired) electrons. The summed E-state index contributed by atoms with van der Waals surface area (Å²) in [5.41, 5.74) is 2.49. The maximum Gasteiger partial charge on any atom is 0.258 e. The molecule has 0 bridgehead atoms. The molecule has 0 aliphatic carbocycles. The molecule has 0 spiro atoms. The molecule has 2 aromatic rings. The molecular weight excluding hydrogens is 360 g/mol. The molecule has 0 aromatic heterocycles. The van der Waals surface area contributed by atoms with Gasteiger partial charge in [0.15, 0.2) is 6.61 Å². The van der Waals surface area contributed by atoms with Gasteiger partial charge in [-0.25, -0.2) is 0 Å². The van der Waals surface area contributed by atoms with Gasteiger partial charge in [-0.3, -0.25) is 9.69 Å². The Kier molecular flexibility index (Phi) is 7.13. The summed E-state index contributed by atoms with van der Waals surface area (Å²) < 4.78 is 5.54. The second-order valence-corrected chi connectivity index (χ2v) is 7.51. The number of carbonyl (C=O) groups excluding carboxylic acids is 1. The minimum atomic E-state index is -0.121. The first-order chi connectivity index (χ1) is 13.1. The number of amides is 1. The van der Waals surface area contributed by atoms with Crippen LogP contribution in [0.5, 0.6) is 5.75 Å². The fourth-order valence-electron chi connectivity index (χ4n) is 3.44. The molecule has 1 aliphatic rings. The highest BCUT2D eigenvalue weighted by molar-refractivity contribution is 6.30. The van der Waals surface area contributed by atoms with E-state index in [2.05, 4.69) is 41.4 Å². The van der Waals surface area contributed by atoms with Gasteiger partial charge in [0, 0.05) is 11.6 Å². The first-order valence-corrected chi connectivity index (χ1v) is 9.95. The van der Waals surface area contributed by atoms with Gasteiger partial charge in [-0.1, -0.05) is 53.9 Å². The van der Waals surface area contributed by atoms with Gasteiger partial charge >= 0.3 is 0 Å².